The number of piperazine rings is 1. The lowest BCUT2D eigenvalue weighted by Crippen LogP contribution is -2.47. The molecule has 5 rings (SSSR count). The molecule has 0 radical (unpaired) electrons. The number of allylic oxidation sites excluding steroid dienone is 1. The van der Waals surface area contributed by atoms with Crippen molar-refractivity contribution >= 4 is 22.6 Å². The number of nitrogens with one attached hydrogen (secondary N) is 1. The van der Waals surface area contributed by atoms with E-state index < -0.39 is 5.91 Å². The molecule has 1 N–H and O–H groups in total. The number of nitroso groups, excluding NO2 is 1. The van der Waals surface area contributed by atoms with E-state index in [9.17, 15) is 9.70 Å². The van der Waals surface area contributed by atoms with Crippen molar-refractivity contribution in [2.75, 3.05) is 37.6 Å². The first-order valence-corrected chi connectivity index (χ1v) is 12.6. The molecule has 36 heavy (non-hydrogen) atoms. The minimum atomic E-state index is -0.851. The van der Waals surface area contributed by atoms with E-state index in [4.69, 9.17) is 4.74 Å². The molecule has 3 heterocycles. The second-order valence-corrected chi connectivity index (χ2v) is 10.8. The molecule has 2 aromatic heterocycles. The first-order valence-electron chi connectivity index (χ1n) is 12.6. The molecule has 3 aromatic rings. The number of aromatic nitrogens is 2. The highest BCUT2D eigenvalue weighted by atomic mass is 16.5. The summed E-state index contributed by atoms with van der Waals surface area (Å²) in [6.45, 7) is 11.8. The first kappa shape index (κ1) is 24.2. The number of hydrogen-bond donors (Lipinski definition) is 1. The van der Waals surface area contributed by atoms with Crippen LogP contribution < -0.4 is 9.64 Å². The van der Waals surface area contributed by atoms with E-state index in [1.807, 2.05) is 24.3 Å². The monoisotopic (exact) mass is 487 g/mol. The van der Waals surface area contributed by atoms with Gasteiger partial charge in [-0.3, -0.25) is 9.69 Å². The second-order valence-electron chi connectivity index (χ2n) is 10.8. The van der Waals surface area contributed by atoms with Gasteiger partial charge in [-0.1, -0.05) is 25.0 Å². The minimum absolute atomic E-state index is 0.143. The Bertz CT molecular complexity index is 1320. The number of H-pyrrole nitrogens is 1. The van der Waals surface area contributed by atoms with Crippen molar-refractivity contribution in [2.45, 2.75) is 40.0 Å². The van der Waals surface area contributed by atoms with Gasteiger partial charge < -0.3 is 14.6 Å². The van der Waals surface area contributed by atoms with Gasteiger partial charge in [-0.05, 0) is 55.9 Å². The van der Waals surface area contributed by atoms with Crippen molar-refractivity contribution in [3.63, 3.8) is 0 Å². The van der Waals surface area contributed by atoms with Gasteiger partial charge in [0, 0.05) is 61.2 Å². The van der Waals surface area contributed by atoms with Crippen molar-refractivity contribution < 1.29 is 9.53 Å². The number of pyridine rings is 1. The Kier molecular flexibility index (Phi) is 6.62. The zero-order valence-electron chi connectivity index (χ0n) is 21.2. The average molecular weight is 488 g/mol. The summed E-state index contributed by atoms with van der Waals surface area (Å²) >= 11 is 0. The van der Waals surface area contributed by atoms with Crippen LogP contribution in [0.25, 0.3) is 11.0 Å². The van der Waals surface area contributed by atoms with Gasteiger partial charge in [-0.15, -0.1) is 4.91 Å². The SMILES string of the molecule is CC1=C(CN2CCN(c3ccc(C(=O)N=O)c(Oc4cnc5[nH]ccc5c4)c3)CC2)CCC(C)(C)C1. The maximum absolute atomic E-state index is 12.2. The molecule has 1 fully saturated rings. The highest BCUT2D eigenvalue weighted by Crippen LogP contribution is 2.39. The fraction of sp³-hybridized carbons (Fsp3) is 0.429. The smallest absolute Gasteiger partial charge is 0.320 e. The van der Waals surface area contributed by atoms with Gasteiger partial charge in [0.15, 0.2) is 0 Å². The van der Waals surface area contributed by atoms with E-state index in [0.717, 1.165) is 49.4 Å². The Morgan fingerprint density at radius 2 is 1.97 bits per heavy atom. The predicted molar refractivity (Wildman–Crippen MR) is 142 cm³/mol. The largest absolute Gasteiger partial charge is 0.455 e. The van der Waals surface area contributed by atoms with Gasteiger partial charge >= 0.3 is 5.91 Å². The summed E-state index contributed by atoms with van der Waals surface area (Å²) in [5.41, 5.74) is 5.44. The third kappa shape index (κ3) is 5.18. The van der Waals surface area contributed by atoms with Crippen LogP contribution in [0.4, 0.5) is 5.69 Å². The quantitative estimate of drug-likeness (QED) is 0.343. The summed E-state index contributed by atoms with van der Waals surface area (Å²) in [7, 11) is 0. The number of ether oxygens (including phenoxy) is 1. The van der Waals surface area contributed by atoms with E-state index in [1.54, 1.807) is 29.6 Å². The molecule has 1 aliphatic carbocycles. The third-order valence-electron chi connectivity index (χ3n) is 7.48. The fourth-order valence-corrected chi connectivity index (χ4v) is 5.40. The van der Waals surface area contributed by atoms with Gasteiger partial charge in [0.1, 0.15) is 17.1 Å². The summed E-state index contributed by atoms with van der Waals surface area (Å²) < 4.78 is 6.05. The maximum atomic E-state index is 12.2. The molecular weight excluding hydrogens is 454 g/mol. The molecule has 0 saturated carbocycles. The number of anilines is 1. The van der Waals surface area contributed by atoms with E-state index in [-0.39, 0.29) is 5.56 Å². The summed E-state index contributed by atoms with van der Waals surface area (Å²) in [6.07, 6.45) is 7.05. The van der Waals surface area contributed by atoms with Gasteiger partial charge in [-0.2, -0.15) is 0 Å². The van der Waals surface area contributed by atoms with Crippen LogP contribution in [0, 0.1) is 10.3 Å². The zero-order chi connectivity index (χ0) is 25.3. The molecule has 0 unspecified atom stereocenters. The van der Waals surface area contributed by atoms with Gasteiger partial charge in [-0.25, -0.2) is 4.98 Å². The number of fused-ring (bicyclic) bond motifs is 1. The number of amides is 1. The lowest BCUT2D eigenvalue weighted by Gasteiger charge is -2.39. The van der Waals surface area contributed by atoms with Crippen LogP contribution in [0.2, 0.25) is 0 Å². The summed E-state index contributed by atoms with van der Waals surface area (Å²) in [5, 5.41) is 3.51. The molecule has 0 bridgehead atoms. The van der Waals surface area contributed by atoms with Crippen molar-refractivity contribution in [3.05, 3.63) is 64.3 Å². The number of nitrogens with zero attached hydrogens (tertiary/aromatic N) is 4. The molecule has 1 saturated heterocycles. The van der Waals surface area contributed by atoms with E-state index in [1.165, 1.54) is 19.3 Å². The van der Waals surface area contributed by atoms with E-state index in [0.29, 0.717) is 16.9 Å². The maximum Gasteiger partial charge on any atom is 0.320 e. The summed E-state index contributed by atoms with van der Waals surface area (Å²) in [6, 6.07) is 9.06. The Balaban J connectivity index is 1.29. The van der Waals surface area contributed by atoms with E-state index in [2.05, 4.69) is 45.7 Å². The molecule has 8 heteroatoms. The zero-order valence-corrected chi connectivity index (χ0v) is 21.2. The Morgan fingerprint density at radius 3 is 2.72 bits per heavy atom. The first-order chi connectivity index (χ1) is 17.3. The molecule has 188 valence electrons. The normalized spacial score (nSPS) is 18.5. The van der Waals surface area contributed by atoms with Gasteiger partial charge in [0.25, 0.3) is 0 Å². The van der Waals surface area contributed by atoms with Crippen LogP contribution in [-0.2, 0) is 0 Å². The Labute approximate surface area is 211 Å². The third-order valence-corrected chi connectivity index (χ3v) is 7.48. The van der Waals surface area contributed by atoms with Crippen molar-refractivity contribution in [2.24, 2.45) is 10.6 Å². The summed E-state index contributed by atoms with van der Waals surface area (Å²) in [4.78, 5) is 35.4. The molecule has 1 amide bonds. The van der Waals surface area contributed by atoms with Crippen LogP contribution in [0.15, 0.2) is 59.0 Å². The lowest BCUT2D eigenvalue weighted by atomic mass is 9.74. The van der Waals surface area contributed by atoms with Crippen LogP contribution in [-0.4, -0.2) is 53.5 Å². The number of aromatic amines is 1. The van der Waals surface area contributed by atoms with Crippen LogP contribution in [0.1, 0.15) is 50.4 Å². The molecular formula is C28H33N5O3. The number of hydrogen-bond acceptors (Lipinski definition) is 6. The topological polar surface area (TPSA) is 90.9 Å². The molecule has 0 spiro atoms. The highest BCUT2D eigenvalue weighted by molar-refractivity contribution is 5.98. The number of carbonyl (C=O) groups excluding carboxylic acids is 1. The predicted octanol–water partition coefficient (Wildman–Crippen LogP) is 5.91. The molecule has 1 aromatic carbocycles. The standard InChI is InChI=1S/C28H33N5O3/c1-19-16-28(2,3)8-6-21(19)18-32-10-12-33(13-11-32)22-4-5-24(27(34)31-35)25(15-22)36-23-14-20-7-9-29-26(20)30-17-23/h4-5,7,9,14-15,17H,6,8,10-13,16,18H2,1-3H3,(H,29,30). The van der Waals surface area contributed by atoms with Crippen LogP contribution in [0.5, 0.6) is 11.5 Å². The number of benzene rings is 1. The summed E-state index contributed by atoms with van der Waals surface area (Å²) in [5.74, 6) is -0.0542. The van der Waals surface area contributed by atoms with Crippen molar-refractivity contribution in [1.82, 2.24) is 14.9 Å². The molecule has 8 nitrogen and oxygen atoms in total. The average Bonchev–Trinajstić information content (AvgIpc) is 3.33. The number of rotatable bonds is 6. The second kappa shape index (κ2) is 9.85. The highest BCUT2D eigenvalue weighted by Gasteiger charge is 2.27. The molecule has 2 aliphatic rings. The minimum Gasteiger partial charge on any atom is -0.455 e. The van der Waals surface area contributed by atoms with Crippen molar-refractivity contribution in [3.8, 4) is 11.5 Å². The van der Waals surface area contributed by atoms with Crippen LogP contribution >= 0.6 is 0 Å². The lowest BCUT2D eigenvalue weighted by molar-refractivity contribution is 0.0998. The number of carbonyl (C=O) groups is 1. The Morgan fingerprint density at radius 1 is 1.17 bits per heavy atom. The molecule has 0 atom stereocenters. The Hall–Kier alpha value is -3.52. The van der Waals surface area contributed by atoms with E-state index >= 15 is 0 Å². The van der Waals surface area contributed by atoms with Crippen LogP contribution in [0.3, 0.4) is 0 Å². The molecule has 1 aliphatic heterocycles. The van der Waals surface area contributed by atoms with Gasteiger partial charge in [0.2, 0.25) is 0 Å². The fourth-order valence-electron chi connectivity index (χ4n) is 5.40. The van der Waals surface area contributed by atoms with Gasteiger partial charge in [0.05, 0.1) is 11.8 Å². The van der Waals surface area contributed by atoms with Crippen molar-refractivity contribution in [1.29, 1.82) is 0 Å².